The van der Waals surface area contributed by atoms with Crippen LogP contribution < -0.4 is 5.32 Å². The number of benzene rings is 2. The Hall–Kier alpha value is -2.71. The maximum Gasteiger partial charge on any atom is 0.266 e. The van der Waals surface area contributed by atoms with E-state index in [1.165, 1.54) is 6.08 Å². The Bertz CT molecular complexity index is 1100. The van der Waals surface area contributed by atoms with E-state index < -0.39 is 5.91 Å². The van der Waals surface area contributed by atoms with Crippen LogP contribution in [0.5, 0.6) is 0 Å². The Morgan fingerprint density at radius 2 is 1.86 bits per heavy atom. The number of nitrogens with one attached hydrogen (secondary N) is 1. The first-order valence-electron chi connectivity index (χ1n) is 8.24. The zero-order chi connectivity index (χ0) is 20.1. The Balaban J connectivity index is 1.84. The maximum atomic E-state index is 12.5. The van der Waals surface area contributed by atoms with E-state index in [1.54, 1.807) is 36.4 Å². The Labute approximate surface area is 177 Å². The molecule has 3 aromatic rings. The lowest BCUT2D eigenvalue weighted by atomic mass is 10.2. The van der Waals surface area contributed by atoms with Crippen molar-refractivity contribution >= 4 is 52.5 Å². The summed E-state index contributed by atoms with van der Waals surface area (Å²) in [6.45, 7) is 0.472. The van der Waals surface area contributed by atoms with E-state index in [2.05, 4.69) is 5.32 Å². The van der Waals surface area contributed by atoms with E-state index in [0.29, 0.717) is 33.0 Å². The van der Waals surface area contributed by atoms with Crippen molar-refractivity contribution < 1.29 is 4.79 Å². The van der Waals surface area contributed by atoms with Gasteiger partial charge in [-0.05, 0) is 48.0 Å². The molecule has 0 saturated heterocycles. The molecule has 4 nitrogen and oxygen atoms in total. The number of carbonyl (C=O) groups excluding carboxylic acids is 1. The highest BCUT2D eigenvalue weighted by atomic mass is 35.5. The SMILES string of the molecule is N#CC(=Cc1cccn1Cc1ccc(Cl)cc1Cl)C(=O)Nc1ccccc1Cl. The van der Waals surface area contributed by atoms with Gasteiger partial charge in [0.25, 0.3) is 5.91 Å². The molecule has 1 aromatic heterocycles. The van der Waals surface area contributed by atoms with Crippen LogP contribution in [0.1, 0.15) is 11.3 Å². The van der Waals surface area contributed by atoms with Crippen molar-refractivity contribution in [3.05, 3.63) is 92.7 Å². The minimum absolute atomic E-state index is 0.0397. The van der Waals surface area contributed by atoms with Crippen LogP contribution in [0.3, 0.4) is 0 Å². The summed E-state index contributed by atoms with van der Waals surface area (Å²) in [6, 6.07) is 17.7. The third-order valence-electron chi connectivity index (χ3n) is 4.00. The van der Waals surface area contributed by atoms with Crippen molar-refractivity contribution in [2.24, 2.45) is 0 Å². The number of para-hydroxylation sites is 1. The minimum atomic E-state index is -0.534. The summed E-state index contributed by atoms with van der Waals surface area (Å²) in [5.41, 5.74) is 1.97. The third kappa shape index (κ3) is 4.76. The monoisotopic (exact) mass is 429 g/mol. The summed E-state index contributed by atoms with van der Waals surface area (Å²) >= 11 is 18.2. The molecule has 2 aromatic carbocycles. The fourth-order valence-corrected chi connectivity index (χ4v) is 3.24. The molecule has 3 rings (SSSR count). The van der Waals surface area contributed by atoms with Crippen molar-refractivity contribution in [1.82, 2.24) is 4.57 Å². The topological polar surface area (TPSA) is 57.8 Å². The molecule has 28 heavy (non-hydrogen) atoms. The summed E-state index contributed by atoms with van der Waals surface area (Å²) in [6.07, 6.45) is 3.37. The number of halogens is 3. The number of aromatic nitrogens is 1. The molecule has 0 bridgehead atoms. The van der Waals surface area contributed by atoms with Crippen LogP contribution in [0, 0.1) is 11.3 Å². The number of rotatable bonds is 5. The van der Waals surface area contributed by atoms with E-state index >= 15 is 0 Å². The van der Waals surface area contributed by atoms with Gasteiger partial charge in [0.15, 0.2) is 0 Å². The highest BCUT2D eigenvalue weighted by molar-refractivity contribution is 6.35. The van der Waals surface area contributed by atoms with E-state index in [9.17, 15) is 10.1 Å². The van der Waals surface area contributed by atoms with Crippen LogP contribution in [0.25, 0.3) is 6.08 Å². The molecule has 0 radical (unpaired) electrons. The number of hydrogen-bond donors (Lipinski definition) is 1. The second-order valence-corrected chi connectivity index (χ2v) is 7.15. The molecule has 0 aliphatic carbocycles. The fraction of sp³-hybridized carbons (Fsp3) is 0.0476. The quantitative estimate of drug-likeness (QED) is 0.396. The van der Waals surface area contributed by atoms with Gasteiger partial charge in [-0.2, -0.15) is 5.26 Å². The lowest BCUT2D eigenvalue weighted by molar-refractivity contribution is -0.112. The maximum absolute atomic E-state index is 12.5. The number of amides is 1. The highest BCUT2D eigenvalue weighted by Crippen LogP contribution is 2.24. The van der Waals surface area contributed by atoms with Crippen molar-refractivity contribution in [2.75, 3.05) is 5.32 Å². The first-order chi connectivity index (χ1) is 13.5. The Morgan fingerprint density at radius 1 is 1.07 bits per heavy atom. The normalized spacial score (nSPS) is 11.1. The van der Waals surface area contributed by atoms with Gasteiger partial charge >= 0.3 is 0 Å². The highest BCUT2D eigenvalue weighted by Gasteiger charge is 2.13. The number of nitriles is 1. The smallest absolute Gasteiger partial charge is 0.266 e. The predicted molar refractivity (Wildman–Crippen MR) is 114 cm³/mol. The number of carbonyl (C=O) groups is 1. The Morgan fingerprint density at radius 3 is 2.57 bits per heavy atom. The first-order valence-corrected chi connectivity index (χ1v) is 9.38. The van der Waals surface area contributed by atoms with Crippen molar-refractivity contribution in [1.29, 1.82) is 5.26 Å². The minimum Gasteiger partial charge on any atom is -0.343 e. The molecule has 1 heterocycles. The van der Waals surface area contributed by atoms with Crippen LogP contribution in [0.2, 0.25) is 15.1 Å². The summed E-state index contributed by atoms with van der Waals surface area (Å²) in [5.74, 6) is -0.534. The zero-order valence-corrected chi connectivity index (χ0v) is 16.8. The molecule has 0 unspecified atom stereocenters. The van der Waals surface area contributed by atoms with E-state index in [0.717, 1.165) is 5.56 Å². The average Bonchev–Trinajstić information content (AvgIpc) is 3.10. The van der Waals surface area contributed by atoms with Crippen molar-refractivity contribution in [3.8, 4) is 6.07 Å². The summed E-state index contributed by atoms with van der Waals surface area (Å²) in [4.78, 5) is 12.5. The van der Waals surface area contributed by atoms with E-state index in [1.807, 2.05) is 35.0 Å². The van der Waals surface area contributed by atoms with Gasteiger partial charge < -0.3 is 9.88 Å². The van der Waals surface area contributed by atoms with Crippen molar-refractivity contribution in [3.63, 3.8) is 0 Å². The van der Waals surface area contributed by atoms with Gasteiger partial charge in [-0.25, -0.2) is 0 Å². The molecule has 1 N–H and O–H groups in total. The predicted octanol–water partition coefficient (Wildman–Crippen LogP) is 6.04. The summed E-state index contributed by atoms with van der Waals surface area (Å²) < 4.78 is 1.88. The molecule has 0 saturated carbocycles. The molecule has 7 heteroatoms. The second kappa shape index (κ2) is 8.99. The van der Waals surface area contributed by atoms with Crippen LogP contribution in [-0.4, -0.2) is 10.5 Å². The van der Waals surface area contributed by atoms with Crippen molar-refractivity contribution in [2.45, 2.75) is 6.54 Å². The van der Waals surface area contributed by atoms with Gasteiger partial charge in [0, 0.05) is 28.5 Å². The van der Waals surface area contributed by atoms with Crippen LogP contribution in [0.15, 0.2) is 66.4 Å². The molecule has 0 fully saturated rings. The van der Waals surface area contributed by atoms with Gasteiger partial charge in [-0.15, -0.1) is 0 Å². The van der Waals surface area contributed by atoms with Gasteiger partial charge in [0.05, 0.1) is 10.7 Å². The van der Waals surface area contributed by atoms with E-state index in [4.69, 9.17) is 34.8 Å². The summed E-state index contributed by atoms with van der Waals surface area (Å²) in [5, 5.41) is 13.6. The second-order valence-electron chi connectivity index (χ2n) is 5.90. The fourth-order valence-electron chi connectivity index (χ4n) is 2.58. The number of anilines is 1. The standard InChI is InChI=1S/C21H14Cl3N3O/c22-16-8-7-14(19(24)11-16)13-27-9-3-4-17(27)10-15(12-25)21(28)26-20-6-2-1-5-18(20)23/h1-11H,13H2,(H,26,28). The molecular formula is C21H14Cl3N3O. The average molecular weight is 431 g/mol. The molecule has 0 spiro atoms. The van der Waals surface area contributed by atoms with Crippen LogP contribution in [-0.2, 0) is 11.3 Å². The molecule has 0 atom stereocenters. The molecule has 0 aliphatic rings. The van der Waals surface area contributed by atoms with Gasteiger partial charge in [-0.3, -0.25) is 4.79 Å². The lowest BCUT2D eigenvalue weighted by Crippen LogP contribution is -2.14. The molecule has 0 aliphatic heterocycles. The molecule has 1 amide bonds. The van der Waals surface area contributed by atoms with Gasteiger partial charge in [0.1, 0.15) is 11.6 Å². The van der Waals surface area contributed by atoms with Gasteiger partial charge in [-0.1, -0.05) is 53.0 Å². The zero-order valence-electron chi connectivity index (χ0n) is 14.5. The molecule has 140 valence electrons. The Kier molecular flexibility index (Phi) is 6.43. The van der Waals surface area contributed by atoms with Gasteiger partial charge in [0.2, 0.25) is 0 Å². The summed E-state index contributed by atoms with van der Waals surface area (Å²) in [7, 11) is 0. The van der Waals surface area contributed by atoms with Crippen LogP contribution in [0.4, 0.5) is 5.69 Å². The third-order valence-corrected chi connectivity index (χ3v) is 4.92. The van der Waals surface area contributed by atoms with E-state index in [-0.39, 0.29) is 5.57 Å². The number of nitrogens with zero attached hydrogens (tertiary/aromatic N) is 2. The molecular weight excluding hydrogens is 417 g/mol. The largest absolute Gasteiger partial charge is 0.343 e. The lowest BCUT2D eigenvalue weighted by Gasteiger charge is -2.10. The number of hydrogen-bond acceptors (Lipinski definition) is 2. The first kappa shape index (κ1) is 20.0. The van der Waals surface area contributed by atoms with Crippen LogP contribution >= 0.6 is 34.8 Å².